The van der Waals surface area contributed by atoms with Gasteiger partial charge in [0.1, 0.15) is 0 Å². The van der Waals surface area contributed by atoms with E-state index in [1.165, 1.54) is 101 Å². The highest BCUT2D eigenvalue weighted by atomic mass is 32.2. The van der Waals surface area contributed by atoms with Crippen LogP contribution in [0.3, 0.4) is 0 Å². The van der Waals surface area contributed by atoms with Crippen LogP contribution in [0.15, 0.2) is 217 Å². The number of benzene rings is 10. The number of hydrogen-bond donors (Lipinski definition) is 0. The Kier molecular flexibility index (Phi) is 9.64. The van der Waals surface area contributed by atoms with Crippen LogP contribution >= 0.6 is 23.1 Å². The average Bonchev–Trinajstić information content (AvgIpc) is 3.97. The molecule has 1 aliphatic carbocycles. The van der Waals surface area contributed by atoms with Gasteiger partial charge in [0.2, 0.25) is 0 Å². The molecule has 14 rings (SSSR count). The fraction of sp³-hybridized carbons (Fsp3) is 0.0469. The zero-order chi connectivity index (χ0) is 46.3. The standard InChI is InChI=1S/C64H42N4S2/c1-69-59-23-13-11-18-46(59)43-24-30-52-56-35-42(27-33-60(56)70-61(52)37-43)41-26-32-58-55(34-41)51-21-10-12-22-57(51)68(58)45-28-31-50-49-29-25-44(36-53(49)47-19-8-9-20-48(47)54(50)38-45)64-66-62(39-14-4-2-5-15-39)65-63(67-64)40-16-6-3-7-17-40/h2,4-6,8-38H,3,7H2,1H3. The fourth-order valence-corrected chi connectivity index (χ4v) is 12.5. The summed E-state index contributed by atoms with van der Waals surface area (Å²) in [5.41, 5.74) is 11.5. The van der Waals surface area contributed by atoms with E-state index in [-0.39, 0.29) is 0 Å². The summed E-state index contributed by atoms with van der Waals surface area (Å²) < 4.78 is 5.07. The molecule has 4 nitrogen and oxygen atoms in total. The number of allylic oxidation sites excluding steroid dienone is 4. The first-order valence-corrected chi connectivity index (χ1v) is 25.9. The van der Waals surface area contributed by atoms with Crippen molar-refractivity contribution in [2.75, 3.05) is 6.26 Å². The molecule has 13 aromatic rings. The Morgan fingerprint density at radius 1 is 0.414 bits per heavy atom. The molecule has 0 radical (unpaired) electrons. The van der Waals surface area contributed by atoms with Crippen LogP contribution in [0.25, 0.3) is 131 Å². The molecule has 0 fully saturated rings. The monoisotopic (exact) mass is 930 g/mol. The molecule has 3 aromatic heterocycles. The SMILES string of the molecule is CSc1ccccc1-c1ccc2c(c1)sc1ccc(-c3ccc4c(c3)c3ccccc3n4-c3ccc4c5ccc(-c6nc(C7=CCCC=C7)nc(-c7ccccc7)n6)cc5c5ccccc5c4c3)cc12. The van der Waals surface area contributed by atoms with Crippen molar-refractivity contribution in [1.82, 2.24) is 19.5 Å². The summed E-state index contributed by atoms with van der Waals surface area (Å²) in [6.07, 6.45) is 10.7. The summed E-state index contributed by atoms with van der Waals surface area (Å²) in [7, 11) is 0. The van der Waals surface area contributed by atoms with E-state index in [1.54, 1.807) is 11.8 Å². The first-order chi connectivity index (χ1) is 34.6. The van der Waals surface area contributed by atoms with Gasteiger partial charge >= 0.3 is 0 Å². The number of nitrogens with zero attached hydrogens (tertiary/aromatic N) is 4. The van der Waals surface area contributed by atoms with Gasteiger partial charge in [-0.15, -0.1) is 23.1 Å². The van der Waals surface area contributed by atoms with Crippen LogP contribution in [-0.4, -0.2) is 25.8 Å². The maximum atomic E-state index is 5.11. The van der Waals surface area contributed by atoms with Gasteiger partial charge in [-0.05, 0) is 134 Å². The Hall–Kier alpha value is -8.16. The van der Waals surface area contributed by atoms with E-state index in [9.17, 15) is 0 Å². The number of rotatable bonds is 7. The summed E-state index contributed by atoms with van der Waals surface area (Å²) in [6.45, 7) is 0. The quantitative estimate of drug-likeness (QED) is 0.118. The lowest BCUT2D eigenvalue weighted by Crippen LogP contribution is -2.03. The van der Waals surface area contributed by atoms with Gasteiger partial charge in [0, 0.05) is 58.2 Å². The van der Waals surface area contributed by atoms with E-state index in [2.05, 4.69) is 205 Å². The zero-order valence-corrected chi connectivity index (χ0v) is 39.9. The highest BCUT2D eigenvalue weighted by Crippen LogP contribution is 2.43. The van der Waals surface area contributed by atoms with Crippen LogP contribution in [0.5, 0.6) is 0 Å². The molecule has 0 spiro atoms. The van der Waals surface area contributed by atoms with Gasteiger partial charge in [-0.25, -0.2) is 15.0 Å². The first-order valence-electron chi connectivity index (χ1n) is 23.8. The summed E-state index contributed by atoms with van der Waals surface area (Å²) in [5.74, 6) is 2.05. The van der Waals surface area contributed by atoms with Crippen molar-refractivity contribution < 1.29 is 0 Å². The largest absolute Gasteiger partial charge is 0.309 e. The second-order valence-electron chi connectivity index (χ2n) is 18.2. The second-order valence-corrected chi connectivity index (χ2v) is 20.1. The summed E-state index contributed by atoms with van der Waals surface area (Å²) in [5, 5.41) is 12.3. The van der Waals surface area contributed by atoms with Gasteiger partial charge in [-0.3, -0.25) is 0 Å². The molecular formula is C64H42N4S2. The summed E-state index contributed by atoms with van der Waals surface area (Å²) in [6, 6.07) is 71.2. The number of fused-ring (bicyclic) bond motifs is 12. The van der Waals surface area contributed by atoms with Gasteiger partial charge in [0.15, 0.2) is 17.5 Å². The van der Waals surface area contributed by atoms with E-state index < -0.39 is 0 Å². The molecule has 0 atom stereocenters. The minimum Gasteiger partial charge on any atom is -0.309 e. The van der Waals surface area contributed by atoms with Crippen molar-refractivity contribution in [3.63, 3.8) is 0 Å². The minimum absolute atomic E-state index is 0.669. The Labute approximate surface area is 412 Å². The number of thiophene rings is 1. The van der Waals surface area contributed by atoms with Crippen LogP contribution in [0, 0.1) is 0 Å². The van der Waals surface area contributed by atoms with Gasteiger partial charge in [-0.2, -0.15) is 0 Å². The molecule has 70 heavy (non-hydrogen) atoms. The smallest absolute Gasteiger partial charge is 0.164 e. The Balaban J connectivity index is 0.876. The molecule has 0 saturated heterocycles. The molecule has 0 N–H and O–H groups in total. The molecule has 0 bridgehead atoms. The Morgan fingerprint density at radius 3 is 1.84 bits per heavy atom. The molecule has 330 valence electrons. The van der Waals surface area contributed by atoms with E-state index in [0.717, 1.165) is 35.2 Å². The predicted octanol–water partition coefficient (Wildman–Crippen LogP) is 17.9. The van der Waals surface area contributed by atoms with Crippen LogP contribution in [-0.2, 0) is 0 Å². The molecule has 0 saturated carbocycles. The van der Waals surface area contributed by atoms with E-state index in [0.29, 0.717) is 17.5 Å². The molecule has 1 aliphatic rings. The maximum absolute atomic E-state index is 5.11. The molecule has 6 heteroatoms. The number of thioether (sulfide) groups is 1. The van der Waals surface area contributed by atoms with Crippen molar-refractivity contribution in [2.24, 2.45) is 0 Å². The van der Waals surface area contributed by atoms with Crippen LogP contribution in [0.2, 0.25) is 0 Å². The average molecular weight is 931 g/mol. The minimum atomic E-state index is 0.669. The third-order valence-corrected chi connectivity index (χ3v) is 16.1. The Bertz CT molecular complexity index is 4330. The lowest BCUT2D eigenvalue weighted by atomic mass is 9.93. The van der Waals surface area contributed by atoms with E-state index in [1.807, 2.05) is 29.5 Å². The molecule has 3 heterocycles. The zero-order valence-electron chi connectivity index (χ0n) is 38.2. The molecule has 0 unspecified atom stereocenters. The fourth-order valence-electron chi connectivity index (χ4n) is 10.8. The molecule has 0 aliphatic heterocycles. The molecular weight excluding hydrogens is 889 g/mol. The van der Waals surface area contributed by atoms with Gasteiger partial charge in [0.05, 0.1) is 11.0 Å². The van der Waals surface area contributed by atoms with Crippen molar-refractivity contribution in [1.29, 1.82) is 0 Å². The third-order valence-electron chi connectivity index (χ3n) is 14.2. The summed E-state index contributed by atoms with van der Waals surface area (Å²) >= 11 is 3.68. The topological polar surface area (TPSA) is 43.6 Å². The highest BCUT2D eigenvalue weighted by Gasteiger charge is 2.19. The van der Waals surface area contributed by atoms with Gasteiger partial charge < -0.3 is 4.57 Å². The normalized spacial score (nSPS) is 12.9. The van der Waals surface area contributed by atoms with Crippen LogP contribution in [0.4, 0.5) is 0 Å². The number of para-hydroxylation sites is 1. The Morgan fingerprint density at radius 2 is 1.03 bits per heavy atom. The van der Waals surface area contributed by atoms with Gasteiger partial charge in [0.25, 0.3) is 0 Å². The van der Waals surface area contributed by atoms with Crippen LogP contribution < -0.4 is 0 Å². The van der Waals surface area contributed by atoms with Gasteiger partial charge in [-0.1, -0.05) is 152 Å². The third kappa shape index (κ3) is 6.70. The first kappa shape index (κ1) is 40.9. The van der Waals surface area contributed by atoms with E-state index >= 15 is 0 Å². The van der Waals surface area contributed by atoms with Crippen molar-refractivity contribution in [2.45, 2.75) is 17.7 Å². The van der Waals surface area contributed by atoms with Crippen molar-refractivity contribution >= 4 is 103 Å². The molecule has 0 amide bonds. The predicted molar refractivity (Wildman–Crippen MR) is 299 cm³/mol. The second kappa shape index (κ2) is 16.5. The summed E-state index contributed by atoms with van der Waals surface area (Å²) in [4.78, 5) is 16.5. The van der Waals surface area contributed by atoms with Crippen molar-refractivity contribution in [3.05, 3.63) is 218 Å². The van der Waals surface area contributed by atoms with E-state index in [4.69, 9.17) is 15.0 Å². The van der Waals surface area contributed by atoms with Crippen LogP contribution in [0.1, 0.15) is 18.7 Å². The lowest BCUT2D eigenvalue weighted by molar-refractivity contribution is 1.01. The lowest BCUT2D eigenvalue weighted by Gasteiger charge is -2.15. The number of aromatic nitrogens is 4. The molecule has 10 aromatic carbocycles. The van der Waals surface area contributed by atoms with Crippen molar-refractivity contribution in [3.8, 4) is 50.7 Å². The maximum Gasteiger partial charge on any atom is 0.164 e. The highest BCUT2D eigenvalue weighted by molar-refractivity contribution is 7.98. The number of hydrogen-bond acceptors (Lipinski definition) is 5.